The molecule has 0 saturated heterocycles. The third-order valence-corrected chi connectivity index (χ3v) is 5.98. The second-order valence-corrected chi connectivity index (χ2v) is 9.10. The van der Waals surface area contributed by atoms with Crippen LogP contribution in [0.4, 0.5) is 22.7 Å². The predicted octanol–water partition coefficient (Wildman–Crippen LogP) is 4.78. The summed E-state index contributed by atoms with van der Waals surface area (Å²) in [4.78, 5) is 48.9. The van der Waals surface area contributed by atoms with Gasteiger partial charge in [0.25, 0.3) is 11.8 Å². The molecule has 10 heteroatoms. The van der Waals surface area contributed by atoms with E-state index in [0.29, 0.717) is 27.9 Å². The van der Waals surface area contributed by atoms with Crippen LogP contribution in [0, 0.1) is 0 Å². The van der Waals surface area contributed by atoms with E-state index < -0.39 is 36.5 Å². The van der Waals surface area contributed by atoms with E-state index in [9.17, 15) is 29.6 Å². The molecule has 10 nitrogen and oxygen atoms in total. The van der Waals surface area contributed by atoms with Gasteiger partial charge in [-0.15, -0.1) is 0 Å². The number of para-hydroxylation sites is 2. The Balaban J connectivity index is 1.25. The van der Waals surface area contributed by atoms with E-state index in [-0.39, 0.29) is 11.4 Å². The largest absolute Gasteiger partial charge is 0.326 e. The highest BCUT2D eigenvalue weighted by atomic mass is 16.5. The lowest BCUT2D eigenvalue weighted by Gasteiger charge is -2.15. The summed E-state index contributed by atoms with van der Waals surface area (Å²) in [7, 11) is 0. The van der Waals surface area contributed by atoms with E-state index in [2.05, 4.69) is 10.6 Å². The Hall–Kier alpha value is -5.32. The predicted molar refractivity (Wildman–Crippen MR) is 154 cm³/mol. The minimum absolute atomic E-state index is 0.229. The summed E-state index contributed by atoms with van der Waals surface area (Å²) >= 11 is 0. The van der Waals surface area contributed by atoms with E-state index in [1.807, 2.05) is 12.1 Å². The molecule has 0 aliphatic heterocycles. The summed E-state index contributed by atoms with van der Waals surface area (Å²) in [6, 6.07) is 30.6. The Morgan fingerprint density at radius 1 is 0.512 bits per heavy atom. The van der Waals surface area contributed by atoms with Crippen molar-refractivity contribution in [3.05, 3.63) is 120 Å². The van der Waals surface area contributed by atoms with Crippen molar-refractivity contribution in [2.75, 3.05) is 20.8 Å². The minimum atomic E-state index is -0.766. The van der Waals surface area contributed by atoms with E-state index in [0.717, 1.165) is 11.1 Å². The summed E-state index contributed by atoms with van der Waals surface area (Å²) in [5.41, 5.74) is 3.40. The van der Waals surface area contributed by atoms with Crippen molar-refractivity contribution in [3.63, 3.8) is 0 Å². The van der Waals surface area contributed by atoms with E-state index >= 15 is 0 Å². The molecule has 0 aliphatic rings. The molecule has 4 aromatic carbocycles. The Kier molecular flexibility index (Phi) is 9.55. The van der Waals surface area contributed by atoms with E-state index in [1.54, 1.807) is 97.1 Å². The fourth-order valence-electron chi connectivity index (χ4n) is 3.91. The van der Waals surface area contributed by atoms with Crippen LogP contribution >= 0.6 is 0 Å². The molecule has 0 unspecified atom stereocenters. The van der Waals surface area contributed by atoms with Crippen molar-refractivity contribution >= 4 is 46.4 Å². The normalized spacial score (nSPS) is 10.4. The Morgan fingerprint density at radius 3 is 1.39 bits per heavy atom. The number of hydrogen-bond acceptors (Lipinski definition) is 6. The van der Waals surface area contributed by atoms with Crippen molar-refractivity contribution in [2.24, 2.45) is 0 Å². The van der Waals surface area contributed by atoms with Crippen LogP contribution in [0.2, 0.25) is 0 Å². The molecule has 4 aromatic rings. The smallest absolute Gasteiger partial charge is 0.260 e. The van der Waals surface area contributed by atoms with Gasteiger partial charge in [0.2, 0.25) is 11.8 Å². The Labute approximate surface area is 236 Å². The molecular weight excluding hydrogens is 524 g/mol. The second-order valence-electron chi connectivity index (χ2n) is 9.10. The lowest BCUT2D eigenvalue weighted by atomic mass is 10.0. The maximum atomic E-state index is 12.3. The van der Waals surface area contributed by atoms with Gasteiger partial charge < -0.3 is 10.6 Å². The van der Waals surface area contributed by atoms with Gasteiger partial charge >= 0.3 is 0 Å². The van der Waals surface area contributed by atoms with Crippen LogP contribution in [0.15, 0.2) is 109 Å². The fraction of sp³-hybridized carbons (Fsp3) is 0.0968. The highest BCUT2D eigenvalue weighted by molar-refractivity contribution is 6.08. The maximum absolute atomic E-state index is 12.3. The quantitative estimate of drug-likeness (QED) is 0.127. The number of nitrogens with one attached hydrogen (secondary N) is 2. The maximum Gasteiger partial charge on any atom is 0.260 e. The topological polar surface area (TPSA) is 139 Å². The van der Waals surface area contributed by atoms with Gasteiger partial charge in [-0.2, -0.15) is 10.1 Å². The molecule has 0 fully saturated rings. The van der Waals surface area contributed by atoms with Gasteiger partial charge in [-0.3, -0.25) is 29.6 Å². The third-order valence-electron chi connectivity index (χ3n) is 5.98. The molecule has 0 bridgehead atoms. The summed E-state index contributed by atoms with van der Waals surface area (Å²) in [6.45, 7) is 0. The summed E-state index contributed by atoms with van der Waals surface area (Å²) in [5, 5.41) is 26.4. The number of hydrogen-bond donors (Lipinski definition) is 4. The molecule has 0 heterocycles. The molecule has 0 atom stereocenters. The third kappa shape index (κ3) is 8.33. The van der Waals surface area contributed by atoms with Crippen LogP contribution in [-0.4, -0.2) is 34.0 Å². The van der Waals surface area contributed by atoms with Crippen LogP contribution in [-0.2, 0) is 25.6 Å². The molecule has 0 aromatic heterocycles. The first-order valence-corrected chi connectivity index (χ1v) is 12.7. The number of nitrogens with zero attached hydrogens (tertiary/aromatic N) is 2. The Bertz CT molecular complexity index is 1490. The lowest BCUT2D eigenvalue weighted by molar-refractivity contribution is -0.130. The zero-order valence-electron chi connectivity index (χ0n) is 21.9. The van der Waals surface area contributed by atoms with Gasteiger partial charge in [-0.05, 0) is 66.1 Å². The number of benzene rings is 4. The molecule has 0 aliphatic carbocycles. The number of hydroxylamine groups is 2. The minimum Gasteiger partial charge on any atom is -0.326 e. The van der Waals surface area contributed by atoms with Crippen LogP contribution < -0.4 is 20.8 Å². The van der Waals surface area contributed by atoms with Crippen molar-refractivity contribution < 1.29 is 29.6 Å². The fourth-order valence-corrected chi connectivity index (χ4v) is 3.91. The number of carbonyl (C=O) groups is 4. The zero-order chi connectivity index (χ0) is 29.2. The van der Waals surface area contributed by atoms with Crippen molar-refractivity contribution in [2.45, 2.75) is 19.3 Å². The molecule has 0 radical (unpaired) electrons. The summed E-state index contributed by atoms with van der Waals surface area (Å²) in [6.07, 6.45) is -0.501. The lowest BCUT2D eigenvalue weighted by Crippen LogP contribution is -2.30. The first-order chi connectivity index (χ1) is 19.8. The van der Waals surface area contributed by atoms with Crippen LogP contribution in [0.3, 0.4) is 0 Å². The van der Waals surface area contributed by atoms with Gasteiger partial charge in [0, 0.05) is 11.4 Å². The molecule has 4 N–H and O–H groups in total. The van der Waals surface area contributed by atoms with Gasteiger partial charge in [0.05, 0.1) is 11.4 Å². The first kappa shape index (κ1) is 28.7. The number of amides is 4. The zero-order valence-corrected chi connectivity index (χ0v) is 21.9. The molecule has 0 saturated carbocycles. The summed E-state index contributed by atoms with van der Waals surface area (Å²) in [5.74, 6) is -2.62. The van der Waals surface area contributed by atoms with Crippen LogP contribution in [0.25, 0.3) is 0 Å². The van der Waals surface area contributed by atoms with Crippen molar-refractivity contribution in [1.82, 2.24) is 0 Å². The average Bonchev–Trinajstić information content (AvgIpc) is 2.98. The Morgan fingerprint density at radius 2 is 0.902 bits per heavy atom. The highest BCUT2D eigenvalue weighted by Gasteiger charge is 2.19. The molecule has 4 amide bonds. The number of rotatable bonds is 10. The first-order valence-electron chi connectivity index (χ1n) is 12.7. The second kappa shape index (κ2) is 13.7. The van der Waals surface area contributed by atoms with E-state index in [4.69, 9.17) is 0 Å². The van der Waals surface area contributed by atoms with Crippen LogP contribution in [0.1, 0.15) is 24.0 Å². The van der Waals surface area contributed by atoms with E-state index in [1.165, 1.54) is 0 Å². The molecule has 41 heavy (non-hydrogen) atoms. The van der Waals surface area contributed by atoms with Gasteiger partial charge in [-0.1, -0.05) is 60.7 Å². The number of carbonyl (C=O) groups excluding carboxylic acids is 4. The molecule has 0 spiro atoms. The number of anilines is 4. The van der Waals surface area contributed by atoms with Gasteiger partial charge in [-0.25, -0.2) is 0 Å². The summed E-state index contributed by atoms with van der Waals surface area (Å²) < 4.78 is 0. The molecule has 208 valence electrons. The molecular formula is C31H28N4O6. The average molecular weight is 553 g/mol. The molecule has 4 rings (SSSR count). The highest BCUT2D eigenvalue weighted by Crippen LogP contribution is 2.19. The standard InChI is InChI=1S/C31H28N4O6/c36-28(32-24-7-3-1-4-8-24)20-31(39)35(41)27-17-13-23(14-18-27)19-22-11-15-25(16-12-22)33-29(37)21-30(38)34(40)26-9-5-2-6-10-26/h1-18,40-41H,19-21H2,(H,32,36)(H,33,37). The van der Waals surface area contributed by atoms with Crippen LogP contribution in [0.5, 0.6) is 0 Å². The van der Waals surface area contributed by atoms with Crippen molar-refractivity contribution in [3.8, 4) is 0 Å². The van der Waals surface area contributed by atoms with Crippen molar-refractivity contribution in [1.29, 1.82) is 0 Å². The van der Waals surface area contributed by atoms with Gasteiger partial charge in [0.15, 0.2) is 0 Å². The monoisotopic (exact) mass is 552 g/mol. The van der Waals surface area contributed by atoms with Gasteiger partial charge in [0.1, 0.15) is 12.8 Å². The SMILES string of the molecule is O=C(CC(=O)N(O)c1ccccc1)Nc1ccc(Cc2ccc(N(O)C(=O)CC(=O)Nc3ccccc3)cc2)cc1.